The second-order valence-corrected chi connectivity index (χ2v) is 7.33. The van der Waals surface area contributed by atoms with Gasteiger partial charge in [0.2, 0.25) is 0 Å². The molecule has 0 aliphatic carbocycles. The average molecular weight is 440 g/mol. The van der Waals surface area contributed by atoms with Crippen LogP contribution in [-0.2, 0) is 0 Å². The van der Waals surface area contributed by atoms with Crippen molar-refractivity contribution >= 4 is 28.8 Å². The summed E-state index contributed by atoms with van der Waals surface area (Å²) in [6, 6.07) is 14.4. The maximum absolute atomic E-state index is 13.3. The van der Waals surface area contributed by atoms with Crippen LogP contribution in [0.15, 0.2) is 66.1 Å². The number of imidazole rings is 1. The van der Waals surface area contributed by atoms with Gasteiger partial charge in [-0.25, -0.2) is 9.36 Å². The zero-order valence-electron chi connectivity index (χ0n) is 18.5. The highest BCUT2D eigenvalue weighted by molar-refractivity contribution is 6.30. The summed E-state index contributed by atoms with van der Waals surface area (Å²) in [5.74, 6) is 0.481. The zero-order chi connectivity index (χ0) is 23.0. The molecule has 0 saturated carbocycles. The molecule has 3 rings (SSSR count). The highest BCUT2D eigenvalue weighted by Crippen LogP contribution is 2.25. The number of aromatic nitrogens is 2. The monoisotopic (exact) mass is 439 g/mol. The van der Waals surface area contributed by atoms with E-state index in [2.05, 4.69) is 31.1 Å². The lowest BCUT2D eigenvalue weighted by atomic mass is 10.2. The van der Waals surface area contributed by atoms with Crippen molar-refractivity contribution in [2.75, 3.05) is 17.7 Å². The Morgan fingerprint density at radius 1 is 1.03 bits per heavy atom. The fourth-order valence-corrected chi connectivity index (χ4v) is 3.05. The molecule has 6 nitrogen and oxygen atoms in total. The van der Waals surface area contributed by atoms with E-state index >= 15 is 0 Å². The van der Waals surface area contributed by atoms with Crippen molar-refractivity contribution in [2.45, 2.75) is 33.6 Å². The van der Waals surface area contributed by atoms with Gasteiger partial charge in [-0.1, -0.05) is 44.9 Å². The number of nitrogens with one attached hydrogen (secondary N) is 3. The van der Waals surface area contributed by atoms with Gasteiger partial charge in [0.05, 0.1) is 17.1 Å². The molecule has 0 aliphatic heterocycles. The lowest BCUT2D eigenvalue weighted by molar-refractivity contribution is 0.886. The number of hydrogen-bond acceptors (Lipinski definition) is 4. The van der Waals surface area contributed by atoms with Gasteiger partial charge < -0.3 is 16.0 Å². The number of benzene rings is 2. The van der Waals surface area contributed by atoms with Crippen molar-refractivity contribution in [3.63, 3.8) is 0 Å². The van der Waals surface area contributed by atoms with Gasteiger partial charge in [-0.3, -0.25) is 4.57 Å². The molecule has 3 N–H and O–H groups in total. The summed E-state index contributed by atoms with van der Waals surface area (Å²) >= 11 is 5.99. The third-order valence-corrected chi connectivity index (χ3v) is 4.90. The van der Waals surface area contributed by atoms with E-state index in [-0.39, 0.29) is 11.4 Å². The number of anilines is 2. The van der Waals surface area contributed by atoms with Crippen molar-refractivity contribution in [1.82, 2.24) is 9.13 Å². The summed E-state index contributed by atoms with van der Waals surface area (Å²) < 4.78 is 3.03. The normalized spacial score (nSPS) is 10.1. The first-order valence-electron chi connectivity index (χ1n) is 10.2. The molecule has 164 valence electrons. The fraction of sp³-hybridized carbons (Fsp3) is 0.250. The maximum Gasteiger partial charge on any atom is 0.339 e. The van der Waals surface area contributed by atoms with Crippen LogP contribution in [0.25, 0.3) is 11.4 Å². The van der Waals surface area contributed by atoms with Crippen molar-refractivity contribution in [1.29, 1.82) is 5.41 Å². The van der Waals surface area contributed by atoms with Gasteiger partial charge in [-0.05, 0) is 61.7 Å². The van der Waals surface area contributed by atoms with Crippen molar-refractivity contribution in [2.24, 2.45) is 0 Å². The van der Waals surface area contributed by atoms with E-state index in [1.54, 1.807) is 31.2 Å². The third kappa shape index (κ3) is 5.47. The molecule has 0 atom stereocenters. The van der Waals surface area contributed by atoms with Crippen LogP contribution in [0, 0.1) is 5.41 Å². The number of nitrogens with zero attached hydrogens (tertiary/aromatic N) is 2. The molecule has 1 aromatic heterocycles. The quantitative estimate of drug-likeness (QED) is 0.391. The minimum Gasteiger partial charge on any atom is -0.388 e. The molecule has 0 unspecified atom stereocenters. The molecule has 0 aliphatic rings. The molecule has 7 heteroatoms. The van der Waals surface area contributed by atoms with Crippen molar-refractivity contribution in [3.05, 3.63) is 82.5 Å². The van der Waals surface area contributed by atoms with Gasteiger partial charge in [0.15, 0.2) is 0 Å². The Kier molecular flexibility index (Phi) is 8.70. The van der Waals surface area contributed by atoms with E-state index in [0.717, 1.165) is 5.69 Å². The zero-order valence-corrected chi connectivity index (χ0v) is 19.3. The molecule has 0 bridgehead atoms. The topological polar surface area (TPSA) is 74.8 Å². The molecular weight excluding hydrogens is 410 g/mol. The Balaban J connectivity index is 0.000000785. The summed E-state index contributed by atoms with van der Waals surface area (Å²) in [5, 5.41) is 14.9. The molecule has 0 amide bonds. The van der Waals surface area contributed by atoms with Crippen LogP contribution in [0.3, 0.4) is 0 Å². The second kappa shape index (κ2) is 11.2. The third-order valence-electron chi connectivity index (χ3n) is 4.65. The van der Waals surface area contributed by atoms with Crippen LogP contribution in [0.4, 0.5) is 11.5 Å². The molecule has 1 heterocycles. The fourth-order valence-electron chi connectivity index (χ4n) is 2.92. The molecule has 2 aromatic carbocycles. The number of halogens is 1. The van der Waals surface area contributed by atoms with E-state index in [1.807, 2.05) is 31.3 Å². The molecule has 3 aromatic rings. The minimum atomic E-state index is -0.291. The van der Waals surface area contributed by atoms with Gasteiger partial charge in [0.1, 0.15) is 11.5 Å². The second-order valence-electron chi connectivity index (χ2n) is 6.90. The lowest BCUT2D eigenvalue weighted by Crippen LogP contribution is -2.23. The smallest absolute Gasteiger partial charge is 0.339 e. The Morgan fingerprint density at radius 2 is 1.55 bits per heavy atom. The van der Waals surface area contributed by atoms with Crippen LogP contribution in [0.2, 0.25) is 5.02 Å². The Hall–Kier alpha value is -3.25. The number of rotatable bonds is 7. The van der Waals surface area contributed by atoms with E-state index in [1.165, 1.54) is 28.2 Å². The summed E-state index contributed by atoms with van der Waals surface area (Å²) in [6.07, 6.45) is 4.13. The first kappa shape index (κ1) is 24.0. The van der Waals surface area contributed by atoms with Crippen LogP contribution < -0.4 is 16.3 Å². The SMILES string of the molecule is C=CNc1c(C(C)=N)n(-c2ccc(Cl)cc2)c(=O)n1-c1ccc(NC)cc1.CCCC. The Bertz CT molecular complexity index is 1080. The van der Waals surface area contributed by atoms with Gasteiger partial charge in [-0.2, -0.15) is 0 Å². The van der Waals surface area contributed by atoms with Crippen LogP contribution in [-0.4, -0.2) is 21.9 Å². The summed E-state index contributed by atoms with van der Waals surface area (Å²) in [6.45, 7) is 9.71. The number of hydrogen-bond donors (Lipinski definition) is 3. The summed E-state index contributed by atoms with van der Waals surface area (Å²) in [4.78, 5) is 13.3. The largest absolute Gasteiger partial charge is 0.388 e. The summed E-state index contributed by atoms with van der Waals surface area (Å²) in [5.41, 5.74) is 2.66. The van der Waals surface area contributed by atoms with E-state index in [4.69, 9.17) is 17.0 Å². The molecule has 0 saturated heterocycles. The molecular formula is C24H30ClN5O. The molecule has 0 spiro atoms. The number of unbranched alkanes of at least 4 members (excludes halogenated alkanes) is 1. The van der Waals surface area contributed by atoms with E-state index < -0.39 is 0 Å². The first-order chi connectivity index (χ1) is 14.9. The predicted octanol–water partition coefficient (Wildman–Crippen LogP) is 6.07. The van der Waals surface area contributed by atoms with Crippen LogP contribution in [0.5, 0.6) is 0 Å². The van der Waals surface area contributed by atoms with Crippen molar-refractivity contribution < 1.29 is 0 Å². The Labute approximate surface area is 188 Å². The average Bonchev–Trinajstić information content (AvgIpc) is 3.07. The standard InChI is InChI=1S/C20H20ClN5O.C4H10/c1-4-24-19-18(13(2)22)25(16-9-5-14(21)6-10-16)20(27)26(19)17-11-7-15(23-3)8-12-17;1-3-4-2/h4-12,22-24H,1H2,2-3H3;3-4H2,1-2H3. The van der Waals surface area contributed by atoms with Gasteiger partial charge in [0, 0.05) is 17.8 Å². The predicted molar refractivity (Wildman–Crippen MR) is 133 cm³/mol. The van der Waals surface area contributed by atoms with Gasteiger partial charge in [0.25, 0.3) is 0 Å². The summed E-state index contributed by atoms with van der Waals surface area (Å²) in [7, 11) is 1.83. The highest BCUT2D eigenvalue weighted by atomic mass is 35.5. The van der Waals surface area contributed by atoms with Crippen LogP contribution >= 0.6 is 11.6 Å². The molecule has 31 heavy (non-hydrogen) atoms. The van der Waals surface area contributed by atoms with Gasteiger partial charge in [-0.15, -0.1) is 0 Å². The van der Waals surface area contributed by atoms with E-state index in [0.29, 0.717) is 27.9 Å². The van der Waals surface area contributed by atoms with Gasteiger partial charge >= 0.3 is 5.69 Å². The molecule has 0 radical (unpaired) electrons. The first-order valence-corrected chi connectivity index (χ1v) is 10.6. The lowest BCUT2D eigenvalue weighted by Gasteiger charge is -2.10. The minimum absolute atomic E-state index is 0.247. The maximum atomic E-state index is 13.3. The molecule has 0 fully saturated rings. The Morgan fingerprint density at radius 3 is 2.00 bits per heavy atom. The van der Waals surface area contributed by atoms with E-state index in [9.17, 15) is 4.79 Å². The van der Waals surface area contributed by atoms with Crippen molar-refractivity contribution in [3.8, 4) is 11.4 Å². The van der Waals surface area contributed by atoms with Crippen LogP contribution in [0.1, 0.15) is 39.3 Å². The highest BCUT2D eigenvalue weighted by Gasteiger charge is 2.23.